The number of rotatable bonds is 6. The van der Waals surface area contributed by atoms with E-state index in [1.54, 1.807) is 30.3 Å². The standard InChI is InChI=1S/C25H25FN4O2S2/c26-19-3-5-20(6-4-19)30-22-12-18-7-9-29(34-15-21-2-1-10-32-21)16-25(18,13-17(22)14-28-30)23(31)24-27-8-11-33-24/h3-6,8,11-12,14,21H,1-2,7,9-10,13,15-16H2. The van der Waals surface area contributed by atoms with Crippen molar-refractivity contribution in [2.24, 2.45) is 5.41 Å². The van der Waals surface area contributed by atoms with Gasteiger partial charge in [0.25, 0.3) is 0 Å². The van der Waals surface area contributed by atoms with E-state index in [0.29, 0.717) is 24.1 Å². The maximum absolute atomic E-state index is 13.9. The third-order valence-corrected chi connectivity index (χ3v) is 8.95. The Morgan fingerprint density at radius 1 is 1.32 bits per heavy atom. The van der Waals surface area contributed by atoms with Gasteiger partial charge in [-0.1, -0.05) is 17.5 Å². The fraction of sp³-hybridized carbons (Fsp3) is 0.400. The number of piperidine rings is 1. The number of thiazole rings is 1. The fourth-order valence-corrected chi connectivity index (χ4v) is 7.07. The van der Waals surface area contributed by atoms with E-state index in [0.717, 1.165) is 60.7 Å². The number of nitrogens with zero attached hydrogens (tertiary/aromatic N) is 4. The van der Waals surface area contributed by atoms with Crippen LogP contribution in [0, 0.1) is 11.2 Å². The summed E-state index contributed by atoms with van der Waals surface area (Å²) in [5, 5.41) is 7.03. The second kappa shape index (κ2) is 9.03. The van der Waals surface area contributed by atoms with Crippen LogP contribution in [-0.2, 0) is 11.2 Å². The van der Waals surface area contributed by atoms with Crippen molar-refractivity contribution < 1.29 is 13.9 Å². The molecule has 0 spiro atoms. The molecular formula is C25H25FN4O2S2. The lowest BCUT2D eigenvalue weighted by Gasteiger charge is -2.44. The number of benzene rings is 1. The molecule has 4 heterocycles. The Labute approximate surface area is 206 Å². The number of halogens is 1. The van der Waals surface area contributed by atoms with E-state index in [-0.39, 0.29) is 11.6 Å². The molecule has 0 radical (unpaired) electrons. The molecule has 0 amide bonds. The highest BCUT2D eigenvalue weighted by atomic mass is 32.2. The molecule has 3 aromatic rings. The maximum Gasteiger partial charge on any atom is 0.203 e. The van der Waals surface area contributed by atoms with Gasteiger partial charge in [-0.05, 0) is 61.6 Å². The van der Waals surface area contributed by atoms with Crippen LogP contribution in [0.25, 0.3) is 11.8 Å². The molecule has 34 heavy (non-hydrogen) atoms. The summed E-state index contributed by atoms with van der Waals surface area (Å²) in [5.74, 6) is 0.745. The van der Waals surface area contributed by atoms with Crippen LogP contribution in [-0.4, -0.2) is 56.4 Å². The summed E-state index contributed by atoms with van der Waals surface area (Å²) in [6.07, 6.45) is 9.63. The zero-order chi connectivity index (χ0) is 23.1. The second-order valence-electron chi connectivity index (χ2n) is 9.08. The topological polar surface area (TPSA) is 60.2 Å². The Morgan fingerprint density at radius 3 is 2.97 bits per heavy atom. The van der Waals surface area contributed by atoms with Crippen molar-refractivity contribution in [2.75, 3.05) is 25.4 Å². The van der Waals surface area contributed by atoms with Crippen molar-refractivity contribution in [2.45, 2.75) is 31.8 Å². The number of hydrogen-bond donors (Lipinski definition) is 0. The first-order valence-corrected chi connectivity index (χ1v) is 13.4. The maximum atomic E-state index is 13.9. The summed E-state index contributed by atoms with van der Waals surface area (Å²) in [4.78, 5) is 18.3. The minimum absolute atomic E-state index is 0.0938. The fourth-order valence-electron chi connectivity index (χ4n) is 5.22. The first-order valence-electron chi connectivity index (χ1n) is 11.6. The van der Waals surface area contributed by atoms with E-state index in [1.165, 1.54) is 23.5 Å². The molecule has 2 fully saturated rings. The highest BCUT2D eigenvalue weighted by Gasteiger charge is 2.49. The molecular weight excluding hydrogens is 471 g/mol. The van der Waals surface area contributed by atoms with Gasteiger partial charge in [0.2, 0.25) is 5.78 Å². The van der Waals surface area contributed by atoms with Crippen molar-refractivity contribution in [3.05, 3.63) is 69.7 Å². The van der Waals surface area contributed by atoms with E-state index >= 15 is 0 Å². The number of fused-ring (bicyclic) bond motifs is 2. The van der Waals surface area contributed by atoms with Crippen LogP contribution in [0.2, 0.25) is 0 Å². The average molecular weight is 497 g/mol. The van der Waals surface area contributed by atoms with Crippen molar-refractivity contribution in [1.29, 1.82) is 0 Å². The van der Waals surface area contributed by atoms with Gasteiger partial charge in [-0.3, -0.25) is 4.79 Å². The lowest BCUT2D eigenvalue weighted by atomic mass is 9.66. The zero-order valence-corrected chi connectivity index (χ0v) is 20.3. The number of carbonyl (C=O) groups is 1. The van der Waals surface area contributed by atoms with Crippen LogP contribution in [0.4, 0.5) is 4.39 Å². The second-order valence-corrected chi connectivity index (χ2v) is 11.1. The van der Waals surface area contributed by atoms with Crippen LogP contribution in [0.5, 0.6) is 0 Å². The van der Waals surface area contributed by atoms with Gasteiger partial charge in [0.05, 0.1) is 29.1 Å². The Balaban J connectivity index is 1.34. The summed E-state index contributed by atoms with van der Waals surface area (Å²) >= 11 is 3.21. The Kier molecular flexibility index (Phi) is 5.89. The highest BCUT2D eigenvalue weighted by molar-refractivity contribution is 7.97. The number of Topliss-reactive ketones (excluding diaryl/α,β-unsaturated/α-hetero) is 1. The van der Waals surface area contributed by atoms with Crippen LogP contribution in [0.1, 0.15) is 40.3 Å². The molecule has 2 aromatic heterocycles. The van der Waals surface area contributed by atoms with Crippen LogP contribution in [0.15, 0.2) is 47.6 Å². The molecule has 0 N–H and O–H groups in total. The van der Waals surface area contributed by atoms with Gasteiger partial charge < -0.3 is 4.74 Å². The molecule has 2 saturated heterocycles. The molecule has 0 bridgehead atoms. The first-order chi connectivity index (χ1) is 16.6. The normalized spacial score (nSPS) is 24.5. The van der Waals surface area contributed by atoms with Gasteiger partial charge >= 0.3 is 0 Å². The third-order valence-electron chi connectivity index (χ3n) is 6.98. The quantitative estimate of drug-likeness (QED) is 0.361. The molecule has 3 aliphatic rings. The smallest absolute Gasteiger partial charge is 0.203 e. The molecule has 6 rings (SSSR count). The van der Waals surface area contributed by atoms with Gasteiger partial charge in [-0.2, -0.15) is 5.10 Å². The minimum Gasteiger partial charge on any atom is -0.377 e. The SMILES string of the molecule is O=C(c1nccs1)C12Cc3cnn(-c4ccc(F)cc4)c3C=C1CCN(SCC1CCCO1)C2. The predicted octanol–water partition coefficient (Wildman–Crippen LogP) is 4.81. The summed E-state index contributed by atoms with van der Waals surface area (Å²) in [6.45, 7) is 2.39. The zero-order valence-electron chi connectivity index (χ0n) is 18.7. The van der Waals surface area contributed by atoms with Gasteiger partial charge in [-0.25, -0.2) is 18.4 Å². The molecule has 2 unspecified atom stereocenters. The molecule has 1 aliphatic carbocycles. The van der Waals surface area contributed by atoms with Gasteiger partial charge in [-0.15, -0.1) is 11.3 Å². The Morgan fingerprint density at radius 2 is 2.21 bits per heavy atom. The molecule has 2 aliphatic heterocycles. The van der Waals surface area contributed by atoms with E-state index in [1.807, 2.05) is 16.3 Å². The van der Waals surface area contributed by atoms with Crippen molar-refractivity contribution in [1.82, 2.24) is 19.1 Å². The summed E-state index contributed by atoms with van der Waals surface area (Å²) < 4.78 is 23.5. The van der Waals surface area contributed by atoms with E-state index in [2.05, 4.69) is 20.5 Å². The molecule has 176 valence electrons. The van der Waals surface area contributed by atoms with Crippen molar-refractivity contribution in [3.63, 3.8) is 0 Å². The number of carbonyl (C=O) groups excluding carboxylic acids is 1. The number of aromatic nitrogens is 3. The van der Waals surface area contributed by atoms with Crippen molar-refractivity contribution in [3.8, 4) is 5.69 Å². The van der Waals surface area contributed by atoms with E-state index in [4.69, 9.17) is 4.74 Å². The highest BCUT2D eigenvalue weighted by Crippen LogP contribution is 2.47. The van der Waals surface area contributed by atoms with E-state index in [9.17, 15) is 9.18 Å². The summed E-state index contributed by atoms with van der Waals surface area (Å²) in [5.41, 5.74) is 3.30. The Bertz CT molecular complexity index is 1220. The molecule has 6 nitrogen and oxygen atoms in total. The van der Waals surface area contributed by atoms with E-state index < -0.39 is 5.41 Å². The summed E-state index contributed by atoms with van der Waals surface area (Å²) in [7, 11) is 0. The predicted molar refractivity (Wildman–Crippen MR) is 132 cm³/mol. The third kappa shape index (κ3) is 3.94. The molecule has 0 saturated carbocycles. The lowest BCUT2D eigenvalue weighted by molar-refractivity contribution is 0.0780. The number of ether oxygens (including phenoxy) is 1. The summed E-state index contributed by atoms with van der Waals surface area (Å²) in [6, 6.07) is 6.35. The number of hydrogen-bond acceptors (Lipinski definition) is 7. The van der Waals surface area contributed by atoms with Crippen LogP contribution < -0.4 is 0 Å². The minimum atomic E-state index is -0.650. The van der Waals surface area contributed by atoms with Crippen LogP contribution >= 0.6 is 23.3 Å². The number of ketones is 1. The van der Waals surface area contributed by atoms with Gasteiger partial charge in [0.1, 0.15) is 5.82 Å². The molecule has 2 atom stereocenters. The molecule has 9 heteroatoms. The lowest BCUT2D eigenvalue weighted by Crippen LogP contribution is -2.49. The Hall–Kier alpha value is -2.33. The molecule has 1 aromatic carbocycles. The monoisotopic (exact) mass is 496 g/mol. The van der Waals surface area contributed by atoms with Gasteiger partial charge in [0.15, 0.2) is 5.01 Å². The van der Waals surface area contributed by atoms with Crippen LogP contribution in [0.3, 0.4) is 0 Å². The van der Waals surface area contributed by atoms with Crippen molar-refractivity contribution >= 4 is 35.1 Å². The van der Waals surface area contributed by atoms with Gasteiger partial charge in [0, 0.05) is 37.0 Å². The largest absolute Gasteiger partial charge is 0.377 e. The average Bonchev–Trinajstić information content (AvgIpc) is 3.63. The first kappa shape index (κ1) is 22.2.